The number of aliphatic hydroxyl groups excluding tert-OH is 1. The average molecular weight is 223 g/mol. The van der Waals surface area contributed by atoms with Crippen molar-refractivity contribution in [1.82, 2.24) is 0 Å². The van der Waals surface area contributed by atoms with Crippen LogP contribution >= 0.6 is 0 Å². The quantitative estimate of drug-likeness (QED) is 0.776. The molecule has 2 N–H and O–H groups in total. The predicted molar refractivity (Wildman–Crippen MR) is 67.1 cm³/mol. The minimum absolute atomic E-state index is 0.164. The molecule has 0 aromatic heterocycles. The summed E-state index contributed by atoms with van der Waals surface area (Å²) >= 11 is 0. The summed E-state index contributed by atoms with van der Waals surface area (Å²) in [5, 5.41) is 18.6. The van der Waals surface area contributed by atoms with Crippen molar-refractivity contribution >= 4 is 5.69 Å². The van der Waals surface area contributed by atoms with E-state index >= 15 is 0 Å². The molecule has 3 nitrogen and oxygen atoms in total. The fraction of sp³-hybridized carbons (Fsp3) is 0.538. The molecule has 0 bridgehead atoms. The monoisotopic (exact) mass is 223 g/mol. The topological polar surface area (TPSA) is 43.7 Å². The van der Waals surface area contributed by atoms with Gasteiger partial charge in [0.25, 0.3) is 0 Å². The third kappa shape index (κ3) is 3.14. The Morgan fingerprint density at radius 3 is 2.38 bits per heavy atom. The van der Waals surface area contributed by atoms with Crippen molar-refractivity contribution in [3.05, 3.63) is 23.8 Å². The van der Waals surface area contributed by atoms with E-state index in [1.807, 2.05) is 12.1 Å². The zero-order valence-corrected chi connectivity index (χ0v) is 10.1. The van der Waals surface area contributed by atoms with E-state index in [-0.39, 0.29) is 6.61 Å². The maximum absolute atomic E-state index is 9.85. The lowest BCUT2D eigenvalue weighted by molar-refractivity contribution is 0.288. The van der Waals surface area contributed by atoms with Crippen LogP contribution in [0.5, 0.6) is 5.75 Å². The first-order chi connectivity index (χ1) is 7.72. The van der Waals surface area contributed by atoms with Crippen molar-refractivity contribution < 1.29 is 10.2 Å². The number of nitrogens with zero attached hydrogens (tertiary/aromatic N) is 1. The number of aromatic hydroxyl groups is 1. The van der Waals surface area contributed by atoms with Gasteiger partial charge in [-0.15, -0.1) is 0 Å². The molecular formula is C13H21NO2. The summed E-state index contributed by atoms with van der Waals surface area (Å²) in [6, 6.07) is 5.78. The second-order valence-corrected chi connectivity index (χ2v) is 3.81. The SMILES string of the molecule is CCN(CC)c1ccc(CCCO)c(O)c1. The van der Waals surface area contributed by atoms with Crippen molar-refractivity contribution in [3.63, 3.8) is 0 Å². The van der Waals surface area contributed by atoms with Crippen LogP contribution < -0.4 is 4.90 Å². The molecule has 0 saturated heterocycles. The lowest BCUT2D eigenvalue weighted by Gasteiger charge is -2.21. The van der Waals surface area contributed by atoms with Crippen molar-refractivity contribution in [1.29, 1.82) is 0 Å². The van der Waals surface area contributed by atoms with Gasteiger partial charge in [0.2, 0.25) is 0 Å². The zero-order valence-electron chi connectivity index (χ0n) is 10.1. The molecule has 1 rings (SSSR count). The second-order valence-electron chi connectivity index (χ2n) is 3.81. The smallest absolute Gasteiger partial charge is 0.120 e. The van der Waals surface area contributed by atoms with Gasteiger partial charge in [0.05, 0.1) is 0 Å². The van der Waals surface area contributed by atoms with Crippen LogP contribution in [0, 0.1) is 0 Å². The van der Waals surface area contributed by atoms with Crippen LogP contribution in [0.3, 0.4) is 0 Å². The Labute approximate surface area is 97.3 Å². The maximum Gasteiger partial charge on any atom is 0.120 e. The first kappa shape index (κ1) is 12.8. The van der Waals surface area contributed by atoms with E-state index in [1.165, 1.54) is 0 Å². The largest absolute Gasteiger partial charge is 0.508 e. The van der Waals surface area contributed by atoms with Crippen LogP contribution in [0.15, 0.2) is 18.2 Å². The molecular weight excluding hydrogens is 202 g/mol. The summed E-state index contributed by atoms with van der Waals surface area (Å²) in [5.74, 6) is 0.331. The number of phenolic OH excluding ortho intramolecular Hbond substituents is 1. The molecule has 0 aliphatic carbocycles. The fourth-order valence-corrected chi connectivity index (χ4v) is 1.82. The summed E-state index contributed by atoms with van der Waals surface area (Å²) in [6.45, 7) is 6.23. The molecule has 0 radical (unpaired) electrons. The van der Waals surface area contributed by atoms with Crippen LogP contribution in [0.4, 0.5) is 5.69 Å². The highest BCUT2D eigenvalue weighted by Gasteiger charge is 2.06. The number of aliphatic hydroxyl groups is 1. The molecule has 0 unspecified atom stereocenters. The van der Waals surface area contributed by atoms with Crippen molar-refractivity contribution in [2.45, 2.75) is 26.7 Å². The summed E-state index contributed by atoms with van der Waals surface area (Å²) in [7, 11) is 0. The van der Waals surface area contributed by atoms with Crippen molar-refractivity contribution in [2.75, 3.05) is 24.6 Å². The lowest BCUT2D eigenvalue weighted by Crippen LogP contribution is -2.21. The van der Waals surface area contributed by atoms with Gasteiger partial charge in [0, 0.05) is 31.5 Å². The van der Waals surface area contributed by atoms with Gasteiger partial charge in [-0.2, -0.15) is 0 Å². The minimum Gasteiger partial charge on any atom is -0.508 e. The highest BCUT2D eigenvalue weighted by Crippen LogP contribution is 2.25. The summed E-state index contributed by atoms with van der Waals surface area (Å²) in [6.07, 6.45) is 1.42. The van der Waals surface area contributed by atoms with E-state index in [4.69, 9.17) is 5.11 Å². The van der Waals surface area contributed by atoms with Gasteiger partial charge < -0.3 is 15.1 Å². The van der Waals surface area contributed by atoms with E-state index in [0.717, 1.165) is 30.8 Å². The number of rotatable bonds is 6. The Morgan fingerprint density at radius 1 is 1.19 bits per heavy atom. The molecule has 90 valence electrons. The summed E-state index contributed by atoms with van der Waals surface area (Å²) in [5.41, 5.74) is 1.96. The Hall–Kier alpha value is -1.22. The molecule has 16 heavy (non-hydrogen) atoms. The number of benzene rings is 1. The zero-order chi connectivity index (χ0) is 12.0. The Balaban J connectivity index is 2.81. The number of aryl methyl sites for hydroxylation is 1. The van der Waals surface area contributed by atoms with Crippen LogP contribution in [0.1, 0.15) is 25.8 Å². The van der Waals surface area contributed by atoms with E-state index < -0.39 is 0 Å². The first-order valence-electron chi connectivity index (χ1n) is 5.90. The van der Waals surface area contributed by atoms with Crippen molar-refractivity contribution in [2.24, 2.45) is 0 Å². The second kappa shape index (κ2) is 6.38. The first-order valence-corrected chi connectivity index (χ1v) is 5.90. The molecule has 1 aromatic rings. The molecule has 0 aliphatic rings. The fourth-order valence-electron chi connectivity index (χ4n) is 1.82. The van der Waals surface area contributed by atoms with E-state index in [0.29, 0.717) is 12.2 Å². The standard InChI is InChI=1S/C13H21NO2/c1-3-14(4-2)12-8-7-11(6-5-9-15)13(16)10-12/h7-8,10,15-16H,3-6,9H2,1-2H3. The van der Waals surface area contributed by atoms with Gasteiger partial charge in [-0.3, -0.25) is 0 Å². The van der Waals surface area contributed by atoms with E-state index in [1.54, 1.807) is 6.07 Å². The van der Waals surface area contributed by atoms with Gasteiger partial charge in [-0.25, -0.2) is 0 Å². The summed E-state index contributed by atoms with van der Waals surface area (Å²) < 4.78 is 0. The van der Waals surface area contributed by atoms with Gasteiger partial charge in [-0.1, -0.05) is 6.07 Å². The molecule has 1 aromatic carbocycles. The van der Waals surface area contributed by atoms with Gasteiger partial charge >= 0.3 is 0 Å². The van der Waals surface area contributed by atoms with Gasteiger partial charge in [0.1, 0.15) is 5.75 Å². The molecule has 0 heterocycles. The molecule has 0 saturated carbocycles. The van der Waals surface area contributed by atoms with Crippen LogP contribution in [-0.4, -0.2) is 29.9 Å². The van der Waals surface area contributed by atoms with Gasteiger partial charge in [0.15, 0.2) is 0 Å². The summed E-state index contributed by atoms with van der Waals surface area (Å²) in [4.78, 5) is 2.19. The third-order valence-electron chi connectivity index (χ3n) is 2.80. The van der Waals surface area contributed by atoms with E-state index in [9.17, 15) is 5.11 Å². The molecule has 0 aliphatic heterocycles. The highest BCUT2D eigenvalue weighted by molar-refractivity contribution is 5.53. The van der Waals surface area contributed by atoms with E-state index in [2.05, 4.69) is 18.7 Å². The highest BCUT2D eigenvalue weighted by atomic mass is 16.3. The minimum atomic E-state index is 0.164. The van der Waals surface area contributed by atoms with Crippen LogP contribution in [-0.2, 0) is 6.42 Å². The molecule has 0 atom stereocenters. The number of hydrogen-bond acceptors (Lipinski definition) is 3. The van der Waals surface area contributed by atoms with Crippen molar-refractivity contribution in [3.8, 4) is 5.75 Å². The van der Waals surface area contributed by atoms with Crippen LogP contribution in [0.25, 0.3) is 0 Å². The maximum atomic E-state index is 9.85. The number of hydrogen-bond donors (Lipinski definition) is 2. The average Bonchev–Trinajstić information content (AvgIpc) is 2.29. The predicted octanol–water partition coefficient (Wildman–Crippen LogP) is 2.16. The van der Waals surface area contributed by atoms with Gasteiger partial charge in [-0.05, 0) is 38.3 Å². The molecule has 0 amide bonds. The molecule has 3 heteroatoms. The third-order valence-corrected chi connectivity index (χ3v) is 2.80. The lowest BCUT2D eigenvalue weighted by atomic mass is 10.1. The van der Waals surface area contributed by atoms with Crippen LogP contribution in [0.2, 0.25) is 0 Å². The normalized spacial score (nSPS) is 10.4. The Kier molecular flexibility index (Phi) is 5.12. The Bertz CT molecular complexity index is 322. The number of phenols is 1. The molecule has 0 spiro atoms. The Morgan fingerprint density at radius 2 is 1.88 bits per heavy atom. The number of anilines is 1. The molecule has 0 fully saturated rings.